The minimum Gasteiger partial charge on any atom is -0.285 e. The first-order chi connectivity index (χ1) is 8.97. The summed E-state index contributed by atoms with van der Waals surface area (Å²) in [6.45, 7) is 1.50. The highest BCUT2D eigenvalue weighted by molar-refractivity contribution is 7.86. The van der Waals surface area contributed by atoms with Gasteiger partial charge in [-0.1, -0.05) is 30.3 Å². The summed E-state index contributed by atoms with van der Waals surface area (Å²) in [6, 6.07) is 9.83. The maximum Gasteiger partial charge on any atom is 0.267 e. The van der Waals surface area contributed by atoms with Gasteiger partial charge in [0.05, 0.1) is 16.0 Å². The highest BCUT2D eigenvalue weighted by Gasteiger charge is 2.17. The van der Waals surface area contributed by atoms with E-state index in [0.29, 0.717) is 12.8 Å². The lowest BCUT2D eigenvalue weighted by atomic mass is 10.2. The van der Waals surface area contributed by atoms with Crippen molar-refractivity contribution in [1.82, 2.24) is 4.98 Å². The molecule has 1 atom stereocenters. The Balaban J connectivity index is 2.03. The molecule has 0 spiro atoms. The van der Waals surface area contributed by atoms with Crippen molar-refractivity contribution >= 4 is 21.5 Å². The summed E-state index contributed by atoms with van der Waals surface area (Å²) in [6.07, 6.45) is 0.930. The molecule has 0 aliphatic carbocycles. The molecule has 0 aliphatic rings. The van der Waals surface area contributed by atoms with Crippen LogP contribution in [-0.2, 0) is 16.5 Å². The topological polar surface area (TPSA) is 67.3 Å². The third-order valence-corrected chi connectivity index (χ3v) is 5.06. The molecule has 2 aromatic rings. The fraction of sp³-hybridized carbons (Fsp3) is 0.308. The van der Waals surface area contributed by atoms with Crippen molar-refractivity contribution in [1.29, 1.82) is 0 Å². The Morgan fingerprint density at radius 3 is 2.63 bits per heavy atom. The molecule has 0 bridgehead atoms. The number of rotatable bonds is 5. The number of nitrogens with zero attached hydrogens (tertiary/aromatic N) is 1. The zero-order valence-electron chi connectivity index (χ0n) is 10.5. The van der Waals surface area contributed by atoms with Gasteiger partial charge in [0.25, 0.3) is 10.1 Å². The Morgan fingerprint density at radius 2 is 2.00 bits per heavy atom. The van der Waals surface area contributed by atoms with Crippen molar-refractivity contribution in [3.8, 4) is 11.3 Å². The third kappa shape index (κ3) is 3.86. The lowest BCUT2D eigenvalue weighted by Crippen LogP contribution is -2.17. The highest BCUT2D eigenvalue weighted by atomic mass is 32.2. The molecule has 1 unspecified atom stereocenters. The fourth-order valence-corrected chi connectivity index (χ4v) is 2.88. The molecule has 19 heavy (non-hydrogen) atoms. The van der Waals surface area contributed by atoms with E-state index in [9.17, 15) is 8.42 Å². The molecule has 4 nitrogen and oxygen atoms in total. The zero-order valence-corrected chi connectivity index (χ0v) is 12.1. The van der Waals surface area contributed by atoms with Crippen molar-refractivity contribution in [2.75, 3.05) is 0 Å². The van der Waals surface area contributed by atoms with E-state index in [-0.39, 0.29) is 0 Å². The van der Waals surface area contributed by atoms with Gasteiger partial charge in [-0.2, -0.15) is 8.42 Å². The van der Waals surface area contributed by atoms with E-state index in [1.807, 2.05) is 35.7 Å². The van der Waals surface area contributed by atoms with Gasteiger partial charge in [-0.15, -0.1) is 11.3 Å². The number of benzene rings is 1. The second kappa shape index (κ2) is 5.81. The molecular weight excluding hydrogens is 282 g/mol. The molecule has 6 heteroatoms. The normalized spacial score (nSPS) is 13.4. The third-order valence-electron chi connectivity index (χ3n) is 2.89. The number of hydrogen-bond donors (Lipinski definition) is 1. The Labute approximate surface area is 116 Å². The summed E-state index contributed by atoms with van der Waals surface area (Å²) < 4.78 is 30.7. The molecule has 1 aromatic carbocycles. The fourth-order valence-electron chi connectivity index (χ4n) is 1.64. The smallest absolute Gasteiger partial charge is 0.267 e. The molecule has 0 amide bonds. The molecule has 0 fully saturated rings. The van der Waals surface area contributed by atoms with Crippen LogP contribution in [0.2, 0.25) is 0 Å². The van der Waals surface area contributed by atoms with Gasteiger partial charge < -0.3 is 0 Å². The minimum absolute atomic E-state index is 0.376. The predicted octanol–water partition coefficient (Wildman–Crippen LogP) is 3.02. The van der Waals surface area contributed by atoms with Crippen molar-refractivity contribution in [3.63, 3.8) is 0 Å². The van der Waals surface area contributed by atoms with Crippen LogP contribution < -0.4 is 0 Å². The minimum atomic E-state index is -3.94. The largest absolute Gasteiger partial charge is 0.285 e. The maximum atomic E-state index is 10.9. The molecule has 0 saturated heterocycles. The van der Waals surface area contributed by atoms with E-state index >= 15 is 0 Å². The van der Waals surface area contributed by atoms with Crippen molar-refractivity contribution in [2.24, 2.45) is 0 Å². The van der Waals surface area contributed by atoms with Crippen LogP contribution in [0, 0.1) is 0 Å². The zero-order chi connectivity index (χ0) is 13.9. The lowest BCUT2D eigenvalue weighted by Gasteiger charge is -2.05. The van der Waals surface area contributed by atoms with Gasteiger partial charge in [-0.3, -0.25) is 4.55 Å². The summed E-state index contributed by atoms with van der Waals surface area (Å²) in [4.78, 5) is 4.48. The summed E-state index contributed by atoms with van der Waals surface area (Å²) in [5.41, 5.74) is 1.95. The molecule has 0 aliphatic heterocycles. The Bertz CT molecular complexity index is 635. The summed E-state index contributed by atoms with van der Waals surface area (Å²) in [5, 5.41) is 2.09. The molecule has 0 radical (unpaired) electrons. The summed E-state index contributed by atoms with van der Waals surface area (Å²) >= 11 is 1.51. The van der Waals surface area contributed by atoms with Gasteiger partial charge in [-0.05, 0) is 13.3 Å². The van der Waals surface area contributed by atoms with Gasteiger partial charge in [-0.25, -0.2) is 4.98 Å². The van der Waals surface area contributed by atoms with Crippen LogP contribution in [0.15, 0.2) is 35.7 Å². The second-order valence-corrected chi connectivity index (χ2v) is 7.13. The molecule has 2 rings (SSSR count). The molecule has 1 heterocycles. The first kappa shape index (κ1) is 14.2. The number of aromatic nitrogens is 1. The van der Waals surface area contributed by atoms with Crippen LogP contribution in [0.3, 0.4) is 0 Å². The molecular formula is C13H15NO3S2. The van der Waals surface area contributed by atoms with E-state index in [0.717, 1.165) is 16.3 Å². The highest BCUT2D eigenvalue weighted by Crippen LogP contribution is 2.22. The van der Waals surface area contributed by atoms with Crippen molar-refractivity contribution < 1.29 is 13.0 Å². The maximum absolute atomic E-state index is 10.9. The Kier molecular flexibility index (Phi) is 4.34. The molecule has 102 valence electrons. The molecule has 1 N–H and O–H groups in total. The Morgan fingerprint density at radius 1 is 1.32 bits per heavy atom. The quantitative estimate of drug-likeness (QED) is 0.861. The van der Waals surface area contributed by atoms with Crippen LogP contribution >= 0.6 is 11.3 Å². The summed E-state index contributed by atoms with van der Waals surface area (Å²) in [7, 11) is -3.94. The van der Waals surface area contributed by atoms with E-state index in [1.54, 1.807) is 0 Å². The van der Waals surface area contributed by atoms with Crippen molar-refractivity contribution in [2.45, 2.75) is 25.0 Å². The van der Waals surface area contributed by atoms with Crippen LogP contribution in [-0.4, -0.2) is 23.2 Å². The standard InChI is InChI=1S/C13H15NO3S2/c1-10(19(15,16)17)7-8-13-14-12(9-18-13)11-5-3-2-4-6-11/h2-6,9-10H,7-8H2,1H3,(H,15,16,17). The SMILES string of the molecule is CC(CCc1nc(-c2ccccc2)cs1)S(=O)(=O)O. The summed E-state index contributed by atoms with van der Waals surface area (Å²) in [5.74, 6) is 0. The second-order valence-electron chi connectivity index (χ2n) is 4.36. The van der Waals surface area contributed by atoms with Gasteiger partial charge >= 0.3 is 0 Å². The lowest BCUT2D eigenvalue weighted by molar-refractivity contribution is 0.466. The average molecular weight is 297 g/mol. The molecule has 1 aromatic heterocycles. The van der Waals surface area contributed by atoms with Crippen LogP contribution in [0.25, 0.3) is 11.3 Å². The van der Waals surface area contributed by atoms with E-state index < -0.39 is 15.4 Å². The number of aryl methyl sites for hydroxylation is 1. The Hall–Kier alpha value is -1.24. The van der Waals surface area contributed by atoms with E-state index in [4.69, 9.17) is 4.55 Å². The van der Waals surface area contributed by atoms with E-state index in [1.165, 1.54) is 18.3 Å². The first-order valence-corrected chi connectivity index (χ1v) is 8.31. The van der Waals surface area contributed by atoms with E-state index in [2.05, 4.69) is 4.98 Å². The number of hydrogen-bond acceptors (Lipinski definition) is 4. The number of thiazole rings is 1. The first-order valence-electron chi connectivity index (χ1n) is 5.93. The average Bonchev–Trinajstić information content (AvgIpc) is 2.84. The van der Waals surface area contributed by atoms with Gasteiger partial charge in [0.15, 0.2) is 0 Å². The predicted molar refractivity (Wildman–Crippen MR) is 76.9 cm³/mol. The van der Waals surface area contributed by atoms with Crippen LogP contribution in [0.4, 0.5) is 0 Å². The van der Waals surface area contributed by atoms with Gasteiger partial charge in [0, 0.05) is 17.4 Å². The molecule has 0 saturated carbocycles. The van der Waals surface area contributed by atoms with Crippen molar-refractivity contribution in [3.05, 3.63) is 40.7 Å². The van der Waals surface area contributed by atoms with Gasteiger partial charge in [0.1, 0.15) is 0 Å². The van der Waals surface area contributed by atoms with Gasteiger partial charge in [0.2, 0.25) is 0 Å². The van der Waals surface area contributed by atoms with Crippen LogP contribution in [0.5, 0.6) is 0 Å². The monoisotopic (exact) mass is 297 g/mol. The van der Waals surface area contributed by atoms with Crippen LogP contribution in [0.1, 0.15) is 18.4 Å².